The van der Waals surface area contributed by atoms with Crippen molar-refractivity contribution < 1.29 is 9.47 Å². The molecule has 0 saturated heterocycles. The van der Waals surface area contributed by atoms with Gasteiger partial charge in [0.05, 0.1) is 12.7 Å². The molecule has 2 nitrogen and oxygen atoms in total. The van der Waals surface area contributed by atoms with Gasteiger partial charge in [-0.2, -0.15) is 0 Å². The second kappa shape index (κ2) is 23.0. The van der Waals surface area contributed by atoms with Gasteiger partial charge in [0.15, 0.2) is 0 Å². The fraction of sp³-hybridized carbons (Fsp3) is 1.00. The molecule has 0 aromatic heterocycles. The zero-order chi connectivity index (χ0) is 19.1. The average molecular weight is 371 g/mol. The number of hydrogen-bond donors (Lipinski definition) is 0. The highest BCUT2D eigenvalue weighted by molar-refractivity contribution is 4.58. The van der Waals surface area contributed by atoms with Gasteiger partial charge in [0, 0.05) is 13.2 Å². The summed E-state index contributed by atoms with van der Waals surface area (Å²) in [6, 6.07) is 0. The van der Waals surface area contributed by atoms with Gasteiger partial charge < -0.3 is 9.47 Å². The van der Waals surface area contributed by atoms with Gasteiger partial charge in [-0.25, -0.2) is 0 Å². The Morgan fingerprint density at radius 2 is 0.962 bits per heavy atom. The molecule has 0 aliphatic heterocycles. The van der Waals surface area contributed by atoms with E-state index in [1.807, 2.05) is 0 Å². The Bertz CT molecular complexity index is 242. The van der Waals surface area contributed by atoms with E-state index in [2.05, 4.69) is 20.8 Å². The van der Waals surface area contributed by atoms with E-state index >= 15 is 0 Å². The first-order valence-electron chi connectivity index (χ1n) is 12.0. The van der Waals surface area contributed by atoms with E-state index in [-0.39, 0.29) is 0 Å². The van der Waals surface area contributed by atoms with Gasteiger partial charge in [-0.05, 0) is 19.3 Å². The average Bonchev–Trinajstić information content (AvgIpc) is 2.66. The van der Waals surface area contributed by atoms with Gasteiger partial charge in [0.1, 0.15) is 0 Å². The van der Waals surface area contributed by atoms with Crippen LogP contribution in [0.5, 0.6) is 0 Å². The fourth-order valence-corrected chi connectivity index (χ4v) is 3.33. The van der Waals surface area contributed by atoms with E-state index in [0.717, 1.165) is 26.2 Å². The summed E-state index contributed by atoms with van der Waals surface area (Å²) in [6.45, 7) is 9.44. The van der Waals surface area contributed by atoms with Crippen molar-refractivity contribution in [1.82, 2.24) is 0 Å². The molecule has 0 aliphatic rings. The lowest BCUT2D eigenvalue weighted by atomic mass is 10.1. The van der Waals surface area contributed by atoms with Gasteiger partial charge in [0.2, 0.25) is 0 Å². The molecule has 1 unspecified atom stereocenters. The minimum absolute atomic E-state index is 0.319. The molecule has 0 bridgehead atoms. The van der Waals surface area contributed by atoms with Gasteiger partial charge in [0.25, 0.3) is 0 Å². The number of hydrogen-bond acceptors (Lipinski definition) is 2. The standard InChI is InChI=1S/C24H50O2/c1-4-7-10-12-14-16-18-21-25-23-24(20-9-6-3)26-22-19-17-15-13-11-8-5-2/h24H,4-23H2,1-3H3. The maximum Gasteiger partial charge on any atom is 0.0808 e. The molecule has 0 fully saturated rings. The molecule has 0 aliphatic carbocycles. The summed E-state index contributed by atoms with van der Waals surface area (Å²) >= 11 is 0. The fourth-order valence-electron chi connectivity index (χ4n) is 3.33. The lowest BCUT2D eigenvalue weighted by Crippen LogP contribution is -2.21. The quantitative estimate of drug-likeness (QED) is 0.179. The molecule has 26 heavy (non-hydrogen) atoms. The van der Waals surface area contributed by atoms with Crippen LogP contribution in [0.1, 0.15) is 130 Å². The number of rotatable bonds is 22. The van der Waals surface area contributed by atoms with Crippen LogP contribution in [-0.2, 0) is 9.47 Å². The van der Waals surface area contributed by atoms with E-state index in [0.29, 0.717) is 6.10 Å². The Hall–Kier alpha value is -0.0800. The second-order valence-corrected chi connectivity index (χ2v) is 7.95. The minimum atomic E-state index is 0.319. The van der Waals surface area contributed by atoms with Crippen molar-refractivity contribution in [2.24, 2.45) is 0 Å². The first kappa shape index (κ1) is 25.9. The Morgan fingerprint density at radius 3 is 1.50 bits per heavy atom. The molecule has 0 N–H and O–H groups in total. The lowest BCUT2D eigenvalue weighted by molar-refractivity contribution is -0.0233. The monoisotopic (exact) mass is 370 g/mol. The van der Waals surface area contributed by atoms with Crippen LogP contribution in [0, 0.1) is 0 Å². The van der Waals surface area contributed by atoms with E-state index < -0.39 is 0 Å². The molecule has 2 heteroatoms. The normalized spacial score (nSPS) is 12.6. The highest BCUT2D eigenvalue weighted by atomic mass is 16.5. The van der Waals surface area contributed by atoms with E-state index in [4.69, 9.17) is 9.47 Å². The maximum absolute atomic E-state index is 6.12. The zero-order valence-electron chi connectivity index (χ0n) is 18.5. The van der Waals surface area contributed by atoms with Crippen molar-refractivity contribution in [2.45, 2.75) is 136 Å². The Morgan fingerprint density at radius 1 is 0.500 bits per heavy atom. The molecule has 0 rings (SSSR count). The molecular weight excluding hydrogens is 320 g/mol. The third kappa shape index (κ3) is 20.2. The minimum Gasteiger partial charge on any atom is -0.379 e. The van der Waals surface area contributed by atoms with Gasteiger partial charge in [-0.1, -0.05) is 111 Å². The van der Waals surface area contributed by atoms with Crippen LogP contribution in [-0.4, -0.2) is 25.9 Å². The van der Waals surface area contributed by atoms with Crippen molar-refractivity contribution in [3.8, 4) is 0 Å². The van der Waals surface area contributed by atoms with Crippen molar-refractivity contribution in [3.05, 3.63) is 0 Å². The van der Waals surface area contributed by atoms with Crippen LogP contribution >= 0.6 is 0 Å². The molecule has 0 heterocycles. The van der Waals surface area contributed by atoms with Crippen LogP contribution in [0.15, 0.2) is 0 Å². The Kier molecular flexibility index (Phi) is 22.9. The molecular formula is C24H50O2. The number of unbranched alkanes of at least 4 members (excludes halogenated alkanes) is 13. The van der Waals surface area contributed by atoms with Gasteiger partial charge in [-0.3, -0.25) is 0 Å². The molecule has 0 spiro atoms. The van der Waals surface area contributed by atoms with E-state index in [9.17, 15) is 0 Å². The molecule has 1 atom stereocenters. The van der Waals surface area contributed by atoms with Crippen molar-refractivity contribution in [3.63, 3.8) is 0 Å². The summed E-state index contributed by atoms with van der Waals surface area (Å²) in [7, 11) is 0. The maximum atomic E-state index is 6.12. The topological polar surface area (TPSA) is 18.5 Å². The van der Waals surface area contributed by atoms with E-state index in [1.165, 1.54) is 103 Å². The SMILES string of the molecule is CCCCCCCCCOCC(CCCC)OCCCCCCCCC. The second-order valence-electron chi connectivity index (χ2n) is 7.95. The predicted octanol–water partition coefficient (Wildman–Crippen LogP) is 8.08. The molecule has 0 radical (unpaired) electrons. The zero-order valence-corrected chi connectivity index (χ0v) is 18.5. The smallest absolute Gasteiger partial charge is 0.0808 e. The van der Waals surface area contributed by atoms with Crippen LogP contribution in [0.25, 0.3) is 0 Å². The predicted molar refractivity (Wildman–Crippen MR) is 116 cm³/mol. The van der Waals surface area contributed by atoms with E-state index in [1.54, 1.807) is 0 Å². The van der Waals surface area contributed by atoms with Crippen LogP contribution in [0.4, 0.5) is 0 Å². The van der Waals surface area contributed by atoms with Crippen LogP contribution in [0.2, 0.25) is 0 Å². The Labute approximate surface area is 165 Å². The molecule has 158 valence electrons. The summed E-state index contributed by atoms with van der Waals surface area (Å²) < 4.78 is 12.0. The Balaban J connectivity index is 3.53. The largest absolute Gasteiger partial charge is 0.379 e. The van der Waals surface area contributed by atoms with Crippen LogP contribution in [0.3, 0.4) is 0 Å². The van der Waals surface area contributed by atoms with Gasteiger partial charge in [-0.15, -0.1) is 0 Å². The number of ether oxygens (including phenoxy) is 2. The third-order valence-corrected chi connectivity index (χ3v) is 5.18. The van der Waals surface area contributed by atoms with Gasteiger partial charge >= 0.3 is 0 Å². The first-order valence-corrected chi connectivity index (χ1v) is 12.0. The molecule has 0 aromatic rings. The summed E-state index contributed by atoms with van der Waals surface area (Å²) in [6.07, 6.45) is 22.9. The van der Waals surface area contributed by atoms with Crippen molar-refractivity contribution in [1.29, 1.82) is 0 Å². The summed E-state index contributed by atoms with van der Waals surface area (Å²) in [5.74, 6) is 0. The third-order valence-electron chi connectivity index (χ3n) is 5.18. The molecule has 0 saturated carbocycles. The van der Waals surface area contributed by atoms with Crippen molar-refractivity contribution >= 4 is 0 Å². The molecule has 0 amide bonds. The molecule has 0 aromatic carbocycles. The lowest BCUT2D eigenvalue weighted by Gasteiger charge is -2.18. The van der Waals surface area contributed by atoms with Crippen LogP contribution < -0.4 is 0 Å². The summed E-state index contributed by atoms with van der Waals surface area (Å²) in [5, 5.41) is 0. The van der Waals surface area contributed by atoms with Crippen molar-refractivity contribution in [2.75, 3.05) is 19.8 Å². The summed E-state index contributed by atoms with van der Waals surface area (Å²) in [5.41, 5.74) is 0. The highest BCUT2D eigenvalue weighted by Gasteiger charge is 2.09. The first-order chi connectivity index (χ1) is 12.8. The summed E-state index contributed by atoms with van der Waals surface area (Å²) in [4.78, 5) is 0. The highest BCUT2D eigenvalue weighted by Crippen LogP contribution is 2.11.